The summed E-state index contributed by atoms with van der Waals surface area (Å²) in [5, 5.41) is 2.82. The van der Waals surface area contributed by atoms with Crippen LogP contribution in [0.2, 0.25) is 0 Å². The molecule has 1 aromatic heterocycles. The average molecular weight is 361 g/mol. The third kappa shape index (κ3) is 4.35. The normalized spacial score (nSPS) is 18.1. The van der Waals surface area contributed by atoms with Crippen molar-refractivity contribution in [1.82, 2.24) is 9.97 Å². The summed E-state index contributed by atoms with van der Waals surface area (Å²) in [5.41, 5.74) is 8.20. The molecule has 0 radical (unpaired) electrons. The molecule has 1 aliphatic rings. The van der Waals surface area contributed by atoms with Crippen LogP contribution >= 0.6 is 24.8 Å². The third-order valence-corrected chi connectivity index (χ3v) is 3.78. The van der Waals surface area contributed by atoms with Gasteiger partial charge in [0.15, 0.2) is 0 Å². The van der Waals surface area contributed by atoms with E-state index >= 15 is 0 Å². The minimum atomic E-state index is -0.482. The Balaban J connectivity index is 0.00000132. The van der Waals surface area contributed by atoms with Gasteiger partial charge in [0.25, 0.3) is 0 Å². The topological polar surface area (TPSA) is 93.0 Å². The third-order valence-electron chi connectivity index (χ3n) is 3.78. The van der Waals surface area contributed by atoms with Gasteiger partial charge in [0, 0.05) is 12.3 Å². The predicted octanol–water partition coefficient (Wildman–Crippen LogP) is 2.93. The molecule has 3 rings (SSSR count). The van der Waals surface area contributed by atoms with Crippen LogP contribution < -0.4 is 11.1 Å². The highest BCUT2D eigenvalue weighted by atomic mass is 35.5. The van der Waals surface area contributed by atoms with Crippen molar-refractivity contribution >= 4 is 47.4 Å². The first-order valence-electron chi connectivity index (χ1n) is 7.35. The summed E-state index contributed by atoms with van der Waals surface area (Å²) >= 11 is 0. The van der Waals surface area contributed by atoms with Crippen molar-refractivity contribution in [2.75, 3.05) is 11.9 Å². The van der Waals surface area contributed by atoms with E-state index in [0.29, 0.717) is 6.42 Å². The lowest BCUT2D eigenvalue weighted by Gasteiger charge is -2.09. The van der Waals surface area contributed by atoms with Crippen LogP contribution in [-0.4, -0.2) is 28.5 Å². The van der Waals surface area contributed by atoms with E-state index < -0.39 is 6.04 Å². The molecule has 2 aromatic rings. The summed E-state index contributed by atoms with van der Waals surface area (Å²) in [6, 6.07) is 5.12. The van der Waals surface area contributed by atoms with Gasteiger partial charge >= 0.3 is 0 Å². The summed E-state index contributed by atoms with van der Waals surface area (Å²) in [5.74, 6) is 0.687. The van der Waals surface area contributed by atoms with Gasteiger partial charge in [0.2, 0.25) is 5.91 Å². The Hall–Kier alpha value is -1.34. The molecule has 4 N–H and O–H groups in total. The minimum Gasteiger partial charge on any atom is -0.370 e. The number of benzene rings is 1. The zero-order chi connectivity index (χ0) is 14.8. The summed E-state index contributed by atoms with van der Waals surface area (Å²) in [4.78, 5) is 19.6. The SMILES string of the molecule is CC[C@H](N)C(=O)Nc1ccc2nc(C3CCCO3)[nH]c2c1.Cl.Cl. The number of halogens is 2. The van der Waals surface area contributed by atoms with E-state index in [0.717, 1.165) is 42.0 Å². The zero-order valence-corrected chi connectivity index (χ0v) is 14.5. The maximum absolute atomic E-state index is 11.8. The molecule has 8 heteroatoms. The number of nitrogens with zero attached hydrogens (tertiary/aromatic N) is 1. The molecular formula is C15H22Cl2N4O2. The number of H-pyrrole nitrogens is 1. The van der Waals surface area contributed by atoms with E-state index in [-0.39, 0.29) is 36.8 Å². The molecular weight excluding hydrogens is 339 g/mol. The molecule has 1 fully saturated rings. The van der Waals surface area contributed by atoms with E-state index in [1.54, 1.807) is 0 Å². The number of carbonyl (C=O) groups excluding carboxylic acids is 1. The Morgan fingerprint density at radius 1 is 1.52 bits per heavy atom. The summed E-state index contributed by atoms with van der Waals surface area (Å²) in [7, 11) is 0. The molecule has 1 aromatic carbocycles. The second-order valence-corrected chi connectivity index (χ2v) is 5.36. The number of hydrogen-bond donors (Lipinski definition) is 3. The van der Waals surface area contributed by atoms with E-state index in [1.165, 1.54) is 0 Å². The fourth-order valence-corrected chi connectivity index (χ4v) is 2.47. The minimum absolute atomic E-state index is 0. The lowest BCUT2D eigenvalue weighted by molar-refractivity contribution is -0.117. The number of amides is 1. The van der Waals surface area contributed by atoms with Crippen molar-refractivity contribution in [3.8, 4) is 0 Å². The van der Waals surface area contributed by atoms with Gasteiger partial charge in [-0.05, 0) is 37.5 Å². The second-order valence-electron chi connectivity index (χ2n) is 5.36. The van der Waals surface area contributed by atoms with Gasteiger partial charge in [0.1, 0.15) is 11.9 Å². The van der Waals surface area contributed by atoms with Crippen LogP contribution in [0.4, 0.5) is 5.69 Å². The van der Waals surface area contributed by atoms with Crippen LogP contribution in [0.3, 0.4) is 0 Å². The van der Waals surface area contributed by atoms with Crippen LogP contribution in [-0.2, 0) is 9.53 Å². The number of aromatic nitrogens is 2. The molecule has 2 heterocycles. The summed E-state index contributed by atoms with van der Waals surface area (Å²) < 4.78 is 5.63. The van der Waals surface area contributed by atoms with Crippen molar-refractivity contribution in [2.45, 2.75) is 38.3 Å². The van der Waals surface area contributed by atoms with Crippen LogP contribution in [0.15, 0.2) is 18.2 Å². The first kappa shape index (κ1) is 19.7. The Morgan fingerprint density at radius 2 is 2.30 bits per heavy atom. The van der Waals surface area contributed by atoms with Crippen LogP contribution in [0.25, 0.3) is 11.0 Å². The van der Waals surface area contributed by atoms with Crippen molar-refractivity contribution in [1.29, 1.82) is 0 Å². The number of ether oxygens (including phenoxy) is 1. The van der Waals surface area contributed by atoms with E-state index in [9.17, 15) is 4.79 Å². The van der Waals surface area contributed by atoms with Gasteiger partial charge in [-0.3, -0.25) is 4.79 Å². The molecule has 2 atom stereocenters. The van der Waals surface area contributed by atoms with Gasteiger partial charge in [0.05, 0.1) is 17.1 Å². The Morgan fingerprint density at radius 3 is 2.96 bits per heavy atom. The van der Waals surface area contributed by atoms with Gasteiger partial charge in [-0.25, -0.2) is 4.98 Å². The number of carbonyl (C=O) groups is 1. The molecule has 1 amide bonds. The molecule has 0 saturated carbocycles. The zero-order valence-electron chi connectivity index (χ0n) is 12.9. The predicted molar refractivity (Wildman–Crippen MR) is 95.4 cm³/mol. The lowest BCUT2D eigenvalue weighted by Crippen LogP contribution is -2.34. The largest absolute Gasteiger partial charge is 0.370 e. The summed E-state index contributed by atoms with van der Waals surface area (Å²) in [6.45, 7) is 2.67. The quantitative estimate of drug-likeness (QED) is 0.781. The summed E-state index contributed by atoms with van der Waals surface area (Å²) in [6.07, 6.45) is 2.73. The van der Waals surface area contributed by atoms with Gasteiger partial charge < -0.3 is 20.8 Å². The first-order chi connectivity index (χ1) is 10.2. The number of rotatable bonds is 4. The molecule has 128 valence electrons. The molecule has 23 heavy (non-hydrogen) atoms. The Bertz CT molecular complexity index is 656. The maximum Gasteiger partial charge on any atom is 0.241 e. The van der Waals surface area contributed by atoms with Crippen molar-refractivity contribution in [2.24, 2.45) is 5.73 Å². The Kier molecular flexibility index (Phi) is 7.28. The number of nitrogens with two attached hydrogens (primary N) is 1. The number of fused-ring (bicyclic) bond motifs is 1. The molecule has 6 nitrogen and oxygen atoms in total. The lowest BCUT2D eigenvalue weighted by atomic mass is 10.2. The molecule has 1 unspecified atom stereocenters. The van der Waals surface area contributed by atoms with Crippen LogP contribution in [0, 0.1) is 0 Å². The van der Waals surface area contributed by atoms with E-state index in [2.05, 4.69) is 15.3 Å². The smallest absolute Gasteiger partial charge is 0.241 e. The number of hydrogen-bond acceptors (Lipinski definition) is 4. The van der Waals surface area contributed by atoms with E-state index in [4.69, 9.17) is 10.5 Å². The van der Waals surface area contributed by atoms with Crippen LogP contribution in [0.5, 0.6) is 0 Å². The molecule has 0 spiro atoms. The first-order valence-corrected chi connectivity index (χ1v) is 7.35. The second kappa shape index (κ2) is 8.49. The fraction of sp³-hybridized carbons (Fsp3) is 0.467. The molecule has 1 aliphatic heterocycles. The van der Waals surface area contributed by atoms with Crippen molar-refractivity contribution < 1.29 is 9.53 Å². The monoisotopic (exact) mass is 360 g/mol. The number of nitrogens with one attached hydrogen (secondary N) is 2. The van der Waals surface area contributed by atoms with E-state index in [1.807, 2.05) is 25.1 Å². The highest BCUT2D eigenvalue weighted by molar-refractivity contribution is 5.96. The maximum atomic E-state index is 11.8. The highest BCUT2D eigenvalue weighted by Crippen LogP contribution is 2.28. The average Bonchev–Trinajstić information content (AvgIpc) is 3.14. The van der Waals surface area contributed by atoms with Crippen molar-refractivity contribution in [3.63, 3.8) is 0 Å². The van der Waals surface area contributed by atoms with Gasteiger partial charge in [-0.15, -0.1) is 24.8 Å². The van der Waals surface area contributed by atoms with Gasteiger partial charge in [-0.1, -0.05) is 6.92 Å². The highest BCUT2D eigenvalue weighted by Gasteiger charge is 2.21. The van der Waals surface area contributed by atoms with Crippen LogP contribution in [0.1, 0.15) is 38.1 Å². The molecule has 0 bridgehead atoms. The number of imidazole rings is 1. The van der Waals surface area contributed by atoms with Crippen molar-refractivity contribution in [3.05, 3.63) is 24.0 Å². The number of aromatic amines is 1. The fourth-order valence-electron chi connectivity index (χ4n) is 2.47. The Labute approximate surface area is 147 Å². The standard InChI is InChI=1S/C15H20N4O2.2ClH/c1-2-10(16)15(20)17-9-5-6-11-12(8-9)19-14(18-11)13-4-3-7-21-13;;/h5-6,8,10,13H,2-4,7,16H2,1H3,(H,17,20)(H,18,19);2*1H/t10-,13?;;/m0../s1. The molecule has 0 aliphatic carbocycles. The number of anilines is 1. The van der Waals surface area contributed by atoms with Gasteiger partial charge in [-0.2, -0.15) is 0 Å². The molecule has 1 saturated heterocycles.